The van der Waals surface area contributed by atoms with E-state index < -0.39 is 0 Å². The number of amides is 1. The van der Waals surface area contributed by atoms with E-state index in [-0.39, 0.29) is 11.7 Å². The molecule has 0 atom stereocenters. The standard InChI is InChI=1S/C26H25FN4OS/c27-21-6-8-22(9-7-21)29-14-16-30(17-15-29)25(32)19-33-26-23-11-13-31(24(23)10-12-28-26)18-20-4-2-1-3-5-20/h1-13H,14-19H2. The van der Waals surface area contributed by atoms with Crippen LogP contribution >= 0.6 is 11.8 Å². The second kappa shape index (κ2) is 9.67. The minimum Gasteiger partial charge on any atom is -0.368 e. The average molecular weight is 461 g/mol. The Kier molecular flexibility index (Phi) is 6.30. The third kappa shape index (κ3) is 4.88. The molecule has 2 aromatic carbocycles. The van der Waals surface area contributed by atoms with Crippen molar-refractivity contribution in [1.29, 1.82) is 0 Å². The van der Waals surface area contributed by atoms with Gasteiger partial charge in [0.2, 0.25) is 5.91 Å². The summed E-state index contributed by atoms with van der Waals surface area (Å²) in [4.78, 5) is 21.5. The number of halogens is 1. The summed E-state index contributed by atoms with van der Waals surface area (Å²) in [7, 11) is 0. The van der Waals surface area contributed by atoms with Crippen LogP contribution in [0.5, 0.6) is 0 Å². The van der Waals surface area contributed by atoms with Crippen LogP contribution in [0.25, 0.3) is 10.9 Å². The van der Waals surface area contributed by atoms with Crippen molar-refractivity contribution in [1.82, 2.24) is 14.5 Å². The third-order valence-corrected chi connectivity index (χ3v) is 7.00. The number of hydrogen-bond donors (Lipinski definition) is 0. The van der Waals surface area contributed by atoms with Crippen molar-refractivity contribution >= 4 is 34.3 Å². The van der Waals surface area contributed by atoms with E-state index in [1.807, 2.05) is 23.2 Å². The van der Waals surface area contributed by atoms with Gasteiger partial charge in [-0.05, 0) is 42.0 Å². The molecule has 0 spiro atoms. The van der Waals surface area contributed by atoms with Crippen LogP contribution in [0.1, 0.15) is 5.56 Å². The van der Waals surface area contributed by atoms with Crippen LogP contribution in [0.15, 0.2) is 84.1 Å². The van der Waals surface area contributed by atoms with Crippen LogP contribution in [-0.2, 0) is 11.3 Å². The van der Waals surface area contributed by atoms with Gasteiger partial charge in [-0.1, -0.05) is 42.1 Å². The number of anilines is 1. The van der Waals surface area contributed by atoms with E-state index in [4.69, 9.17) is 0 Å². The maximum Gasteiger partial charge on any atom is 0.233 e. The van der Waals surface area contributed by atoms with E-state index in [1.165, 1.54) is 29.5 Å². The Morgan fingerprint density at radius 1 is 0.939 bits per heavy atom. The van der Waals surface area contributed by atoms with Gasteiger partial charge in [-0.15, -0.1) is 0 Å². The highest BCUT2D eigenvalue weighted by molar-refractivity contribution is 8.00. The Labute approximate surface area is 196 Å². The fourth-order valence-corrected chi connectivity index (χ4v) is 5.12. The maximum absolute atomic E-state index is 13.2. The van der Waals surface area contributed by atoms with Crippen molar-refractivity contribution in [2.24, 2.45) is 0 Å². The van der Waals surface area contributed by atoms with Crippen LogP contribution in [0, 0.1) is 5.82 Å². The molecule has 7 heteroatoms. The Hall–Kier alpha value is -3.32. The molecular weight excluding hydrogens is 435 g/mol. The molecule has 5 rings (SSSR count). The van der Waals surface area contributed by atoms with Crippen LogP contribution in [-0.4, -0.2) is 52.3 Å². The van der Waals surface area contributed by atoms with Crippen molar-refractivity contribution < 1.29 is 9.18 Å². The quantitative estimate of drug-likeness (QED) is 0.393. The van der Waals surface area contributed by atoms with Gasteiger partial charge in [-0.2, -0.15) is 0 Å². The van der Waals surface area contributed by atoms with Crippen molar-refractivity contribution in [3.05, 3.63) is 90.5 Å². The molecule has 5 nitrogen and oxygen atoms in total. The second-order valence-corrected chi connectivity index (χ2v) is 9.08. The van der Waals surface area contributed by atoms with Crippen LogP contribution in [0.3, 0.4) is 0 Å². The highest BCUT2D eigenvalue weighted by Gasteiger charge is 2.22. The monoisotopic (exact) mass is 460 g/mol. The minimum atomic E-state index is -0.233. The smallest absolute Gasteiger partial charge is 0.233 e. The lowest BCUT2D eigenvalue weighted by Gasteiger charge is -2.36. The lowest BCUT2D eigenvalue weighted by molar-refractivity contribution is -0.128. The van der Waals surface area contributed by atoms with Gasteiger partial charge >= 0.3 is 0 Å². The fourth-order valence-electron chi connectivity index (χ4n) is 4.22. The Morgan fingerprint density at radius 3 is 2.45 bits per heavy atom. The molecule has 0 N–H and O–H groups in total. The predicted molar refractivity (Wildman–Crippen MR) is 131 cm³/mol. The molecule has 0 radical (unpaired) electrons. The van der Waals surface area contributed by atoms with E-state index in [0.29, 0.717) is 18.8 Å². The minimum absolute atomic E-state index is 0.126. The number of thioether (sulfide) groups is 1. The largest absolute Gasteiger partial charge is 0.368 e. The SMILES string of the molecule is O=C(CSc1nccc2c1ccn2Cc1ccccc1)N1CCN(c2ccc(F)cc2)CC1. The van der Waals surface area contributed by atoms with Gasteiger partial charge in [0.15, 0.2) is 0 Å². The molecular formula is C26H25FN4OS. The van der Waals surface area contributed by atoms with E-state index in [1.54, 1.807) is 12.1 Å². The van der Waals surface area contributed by atoms with E-state index in [0.717, 1.165) is 41.3 Å². The fraction of sp³-hybridized carbons (Fsp3) is 0.231. The zero-order valence-electron chi connectivity index (χ0n) is 18.2. The highest BCUT2D eigenvalue weighted by atomic mass is 32.2. The Bertz CT molecular complexity index is 1230. The molecule has 0 bridgehead atoms. The molecule has 1 saturated heterocycles. The number of pyridine rings is 1. The lowest BCUT2D eigenvalue weighted by Crippen LogP contribution is -2.49. The highest BCUT2D eigenvalue weighted by Crippen LogP contribution is 2.27. The first kappa shape index (κ1) is 21.5. The van der Waals surface area contributed by atoms with Gasteiger partial charge in [0.1, 0.15) is 10.8 Å². The summed E-state index contributed by atoms with van der Waals surface area (Å²) in [5.41, 5.74) is 3.36. The molecule has 0 unspecified atom stereocenters. The zero-order valence-corrected chi connectivity index (χ0v) is 19.0. The van der Waals surface area contributed by atoms with Gasteiger partial charge in [0, 0.05) is 56.2 Å². The van der Waals surface area contributed by atoms with E-state index in [9.17, 15) is 9.18 Å². The number of fused-ring (bicyclic) bond motifs is 1. The summed E-state index contributed by atoms with van der Waals surface area (Å²) in [6.45, 7) is 3.63. The molecule has 4 aromatic rings. The van der Waals surface area contributed by atoms with Crippen molar-refractivity contribution in [2.45, 2.75) is 11.6 Å². The van der Waals surface area contributed by atoms with E-state index >= 15 is 0 Å². The molecule has 3 heterocycles. The molecule has 0 saturated carbocycles. The molecule has 1 aliphatic heterocycles. The third-order valence-electron chi connectivity index (χ3n) is 6.01. The maximum atomic E-state index is 13.2. The summed E-state index contributed by atoms with van der Waals surface area (Å²) in [5.74, 6) is 0.261. The summed E-state index contributed by atoms with van der Waals surface area (Å²) in [6, 6.07) is 21.0. The number of benzene rings is 2. The number of aromatic nitrogens is 2. The van der Waals surface area contributed by atoms with Gasteiger partial charge in [0.05, 0.1) is 11.3 Å². The van der Waals surface area contributed by atoms with Crippen LogP contribution in [0.2, 0.25) is 0 Å². The van der Waals surface area contributed by atoms with Crippen LogP contribution in [0.4, 0.5) is 10.1 Å². The first-order valence-electron chi connectivity index (χ1n) is 11.1. The molecule has 1 fully saturated rings. The first-order chi connectivity index (χ1) is 16.2. The Morgan fingerprint density at radius 2 is 1.70 bits per heavy atom. The Balaban J connectivity index is 1.19. The molecule has 168 valence electrons. The summed E-state index contributed by atoms with van der Waals surface area (Å²) < 4.78 is 15.4. The number of carbonyl (C=O) groups excluding carboxylic acids is 1. The van der Waals surface area contributed by atoms with Crippen molar-refractivity contribution in [2.75, 3.05) is 36.8 Å². The number of hydrogen-bond acceptors (Lipinski definition) is 4. The van der Waals surface area contributed by atoms with Gasteiger partial charge < -0.3 is 14.4 Å². The van der Waals surface area contributed by atoms with Gasteiger partial charge in [-0.25, -0.2) is 9.37 Å². The topological polar surface area (TPSA) is 41.4 Å². The van der Waals surface area contributed by atoms with Gasteiger partial charge in [-0.3, -0.25) is 4.79 Å². The molecule has 1 aliphatic rings. The average Bonchev–Trinajstić information content (AvgIpc) is 3.27. The number of carbonyl (C=O) groups is 1. The summed E-state index contributed by atoms with van der Waals surface area (Å²) in [6.07, 6.45) is 3.90. The first-order valence-corrected chi connectivity index (χ1v) is 12.0. The van der Waals surface area contributed by atoms with Crippen molar-refractivity contribution in [3.8, 4) is 0 Å². The molecule has 2 aromatic heterocycles. The van der Waals surface area contributed by atoms with E-state index in [2.05, 4.69) is 51.0 Å². The lowest BCUT2D eigenvalue weighted by atomic mass is 10.2. The number of piperazine rings is 1. The second-order valence-electron chi connectivity index (χ2n) is 8.11. The predicted octanol–water partition coefficient (Wildman–Crippen LogP) is 4.66. The van der Waals surface area contributed by atoms with Gasteiger partial charge in [0.25, 0.3) is 0 Å². The summed E-state index contributed by atoms with van der Waals surface area (Å²) >= 11 is 1.50. The molecule has 33 heavy (non-hydrogen) atoms. The van der Waals surface area contributed by atoms with Crippen LogP contribution < -0.4 is 4.90 Å². The normalized spacial score (nSPS) is 14.1. The number of nitrogens with zero attached hydrogens (tertiary/aromatic N) is 4. The van der Waals surface area contributed by atoms with Crippen molar-refractivity contribution in [3.63, 3.8) is 0 Å². The number of rotatable bonds is 6. The summed E-state index contributed by atoms with van der Waals surface area (Å²) in [5, 5.41) is 1.96. The zero-order chi connectivity index (χ0) is 22.6. The molecule has 1 amide bonds. The molecule has 0 aliphatic carbocycles.